The number of rotatable bonds is 10. The third-order valence-electron chi connectivity index (χ3n) is 5.17. The number of amides is 2. The van der Waals surface area contributed by atoms with E-state index in [1.807, 2.05) is 42.5 Å². The van der Waals surface area contributed by atoms with Crippen molar-refractivity contribution in [1.29, 1.82) is 0 Å². The van der Waals surface area contributed by atoms with Gasteiger partial charge in [-0.15, -0.1) is 11.8 Å². The fourth-order valence-electron chi connectivity index (χ4n) is 3.47. The van der Waals surface area contributed by atoms with Crippen LogP contribution in [-0.2, 0) is 28.3 Å². The summed E-state index contributed by atoms with van der Waals surface area (Å²) in [6.07, 6.45) is 0.398. The number of likely N-dealkylation sites (N-methyl/N-ethyl adjacent to an activating group) is 1. The van der Waals surface area contributed by atoms with Gasteiger partial charge >= 0.3 is 0 Å². The summed E-state index contributed by atoms with van der Waals surface area (Å²) in [7, 11) is 1.58. The number of thioether (sulfide) groups is 1. The first kappa shape index (κ1) is 24.8. The van der Waals surface area contributed by atoms with Gasteiger partial charge in [-0.3, -0.25) is 9.59 Å². The van der Waals surface area contributed by atoms with Crippen LogP contribution in [0.4, 0.5) is 4.39 Å². The van der Waals surface area contributed by atoms with Crippen molar-refractivity contribution in [2.45, 2.75) is 24.8 Å². The van der Waals surface area contributed by atoms with Gasteiger partial charge in [-0.05, 0) is 41.0 Å². The van der Waals surface area contributed by atoms with E-state index in [1.165, 1.54) is 23.9 Å². The number of hydrogen-bond donors (Lipinski definition) is 1. The molecule has 172 valence electrons. The smallest absolute Gasteiger partial charge is 0.242 e. The average molecular weight is 485 g/mol. The first-order chi connectivity index (χ1) is 16.0. The maximum absolute atomic E-state index is 13.4. The summed E-state index contributed by atoms with van der Waals surface area (Å²) in [5.74, 6) is 0.104. The van der Waals surface area contributed by atoms with Crippen LogP contribution in [0.3, 0.4) is 0 Å². The lowest BCUT2D eigenvalue weighted by Gasteiger charge is -2.31. The minimum atomic E-state index is -0.671. The highest BCUT2D eigenvalue weighted by Crippen LogP contribution is 2.20. The Bertz CT molecular complexity index is 1060. The summed E-state index contributed by atoms with van der Waals surface area (Å²) in [6, 6.07) is 22.5. The van der Waals surface area contributed by atoms with Crippen LogP contribution in [-0.4, -0.2) is 35.6 Å². The van der Waals surface area contributed by atoms with Crippen LogP contribution in [0.25, 0.3) is 0 Å². The molecular weight excluding hydrogens is 459 g/mol. The molecule has 0 aromatic heterocycles. The first-order valence-corrected chi connectivity index (χ1v) is 12.1. The zero-order valence-electron chi connectivity index (χ0n) is 18.3. The van der Waals surface area contributed by atoms with Crippen molar-refractivity contribution in [3.63, 3.8) is 0 Å². The van der Waals surface area contributed by atoms with Crippen molar-refractivity contribution >= 4 is 35.2 Å². The van der Waals surface area contributed by atoms with E-state index in [1.54, 1.807) is 36.2 Å². The van der Waals surface area contributed by atoms with Crippen molar-refractivity contribution in [2.75, 3.05) is 12.8 Å². The van der Waals surface area contributed by atoms with Gasteiger partial charge in [0.15, 0.2) is 0 Å². The van der Waals surface area contributed by atoms with Crippen molar-refractivity contribution in [1.82, 2.24) is 10.2 Å². The Morgan fingerprint density at radius 1 is 0.970 bits per heavy atom. The molecule has 3 aromatic carbocycles. The summed E-state index contributed by atoms with van der Waals surface area (Å²) in [5.41, 5.74) is 2.75. The molecule has 0 aliphatic rings. The maximum atomic E-state index is 13.4. The molecule has 3 aromatic rings. The van der Waals surface area contributed by atoms with Crippen molar-refractivity contribution in [2.24, 2.45) is 0 Å². The van der Waals surface area contributed by atoms with E-state index in [0.29, 0.717) is 17.2 Å². The molecule has 0 radical (unpaired) electrons. The van der Waals surface area contributed by atoms with E-state index < -0.39 is 6.04 Å². The average Bonchev–Trinajstić information content (AvgIpc) is 2.82. The fraction of sp³-hybridized carbons (Fsp3) is 0.231. The Morgan fingerprint density at radius 3 is 2.33 bits per heavy atom. The summed E-state index contributed by atoms with van der Waals surface area (Å²) < 4.78 is 13.1. The quantitative estimate of drug-likeness (QED) is 0.435. The van der Waals surface area contributed by atoms with Crippen LogP contribution in [0.15, 0.2) is 78.9 Å². The standard InChI is InChI=1S/C26H26ClFN2O2S/c1-29-26(32)24(15-19-6-3-2-4-7-19)30(16-21-8-5-9-22(27)14-21)25(31)18-33-17-20-10-12-23(28)13-11-20/h2-14,24H,15-18H2,1H3,(H,29,32)/t24-/m0/s1. The molecule has 33 heavy (non-hydrogen) atoms. The normalized spacial score (nSPS) is 11.6. The van der Waals surface area contributed by atoms with E-state index in [2.05, 4.69) is 5.32 Å². The van der Waals surface area contributed by atoms with Gasteiger partial charge in [0.05, 0.1) is 5.75 Å². The molecule has 2 amide bonds. The van der Waals surface area contributed by atoms with Crippen molar-refractivity contribution in [3.05, 3.63) is 106 Å². The molecule has 0 fully saturated rings. The van der Waals surface area contributed by atoms with Crippen LogP contribution in [0.5, 0.6) is 0 Å². The highest BCUT2D eigenvalue weighted by Gasteiger charge is 2.29. The zero-order valence-corrected chi connectivity index (χ0v) is 19.9. The van der Waals surface area contributed by atoms with Gasteiger partial charge in [-0.2, -0.15) is 0 Å². The SMILES string of the molecule is CNC(=O)[C@H](Cc1ccccc1)N(Cc1cccc(Cl)c1)C(=O)CSCc1ccc(F)cc1. The molecule has 0 spiro atoms. The summed E-state index contributed by atoms with van der Waals surface area (Å²) >= 11 is 7.59. The Kier molecular flexibility index (Phi) is 9.34. The highest BCUT2D eigenvalue weighted by atomic mass is 35.5. The zero-order chi connectivity index (χ0) is 23.6. The molecular formula is C26H26ClFN2O2S. The Morgan fingerprint density at radius 2 is 1.67 bits per heavy atom. The fourth-order valence-corrected chi connectivity index (χ4v) is 4.56. The number of nitrogens with one attached hydrogen (secondary N) is 1. The van der Waals surface area contributed by atoms with Gasteiger partial charge in [0.25, 0.3) is 0 Å². The molecule has 0 saturated heterocycles. The molecule has 0 unspecified atom stereocenters. The molecule has 0 aliphatic carbocycles. The second-order valence-corrected chi connectivity index (χ2v) is 9.01. The van der Waals surface area contributed by atoms with Crippen LogP contribution < -0.4 is 5.32 Å². The third-order valence-corrected chi connectivity index (χ3v) is 6.39. The van der Waals surface area contributed by atoms with Gasteiger partial charge in [0.2, 0.25) is 11.8 Å². The van der Waals surface area contributed by atoms with Gasteiger partial charge in [0.1, 0.15) is 11.9 Å². The minimum Gasteiger partial charge on any atom is -0.357 e. The van der Waals surface area contributed by atoms with E-state index in [0.717, 1.165) is 16.7 Å². The molecule has 0 heterocycles. The molecule has 1 N–H and O–H groups in total. The Hall–Kier alpha value is -2.83. The molecule has 4 nitrogen and oxygen atoms in total. The highest BCUT2D eigenvalue weighted by molar-refractivity contribution is 7.99. The lowest BCUT2D eigenvalue weighted by molar-refractivity contribution is -0.139. The van der Waals surface area contributed by atoms with Crippen molar-refractivity contribution in [3.8, 4) is 0 Å². The topological polar surface area (TPSA) is 49.4 Å². The van der Waals surface area contributed by atoms with E-state index >= 15 is 0 Å². The van der Waals surface area contributed by atoms with E-state index in [4.69, 9.17) is 11.6 Å². The van der Waals surface area contributed by atoms with E-state index in [9.17, 15) is 14.0 Å². The molecule has 0 saturated carbocycles. The molecule has 1 atom stereocenters. The van der Waals surface area contributed by atoms with Crippen LogP contribution in [0.1, 0.15) is 16.7 Å². The van der Waals surface area contributed by atoms with Gasteiger partial charge < -0.3 is 10.2 Å². The number of nitrogens with zero attached hydrogens (tertiary/aromatic N) is 1. The predicted octanol–water partition coefficient (Wildman–Crippen LogP) is 5.10. The number of hydrogen-bond acceptors (Lipinski definition) is 3. The summed E-state index contributed by atoms with van der Waals surface area (Å²) in [5, 5.41) is 3.28. The van der Waals surface area contributed by atoms with Gasteiger partial charge in [-0.25, -0.2) is 4.39 Å². The number of carbonyl (C=O) groups excluding carboxylic acids is 2. The molecule has 7 heteroatoms. The molecule has 0 bridgehead atoms. The number of halogens is 2. The number of benzene rings is 3. The Labute approximate surface area is 203 Å². The number of carbonyl (C=O) groups is 2. The second-order valence-electron chi connectivity index (χ2n) is 7.59. The van der Waals surface area contributed by atoms with Crippen LogP contribution in [0.2, 0.25) is 5.02 Å². The molecule has 0 aliphatic heterocycles. The third kappa shape index (κ3) is 7.62. The maximum Gasteiger partial charge on any atom is 0.242 e. The lowest BCUT2D eigenvalue weighted by Crippen LogP contribution is -2.50. The minimum absolute atomic E-state index is 0.147. The molecule has 3 rings (SSSR count). The first-order valence-electron chi connectivity index (χ1n) is 10.6. The van der Waals surface area contributed by atoms with Crippen LogP contribution in [0, 0.1) is 5.82 Å². The second kappa shape index (κ2) is 12.4. The summed E-state index contributed by atoms with van der Waals surface area (Å²) in [4.78, 5) is 27.9. The van der Waals surface area contributed by atoms with Gasteiger partial charge in [-0.1, -0.05) is 66.2 Å². The lowest BCUT2D eigenvalue weighted by atomic mass is 10.0. The summed E-state index contributed by atoms with van der Waals surface area (Å²) in [6.45, 7) is 0.265. The Balaban J connectivity index is 1.80. The van der Waals surface area contributed by atoms with Crippen LogP contribution >= 0.6 is 23.4 Å². The van der Waals surface area contributed by atoms with E-state index in [-0.39, 0.29) is 29.9 Å². The predicted molar refractivity (Wildman–Crippen MR) is 133 cm³/mol. The monoisotopic (exact) mass is 484 g/mol. The largest absolute Gasteiger partial charge is 0.357 e. The van der Waals surface area contributed by atoms with Crippen molar-refractivity contribution < 1.29 is 14.0 Å². The van der Waals surface area contributed by atoms with Gasteiger partial charge in [0, 0.05) is 30.8 Å².